The van der Waals surface area contributed by atoms with Crippen LogP contribution in [0.5, 0.6) is 0 Å². The second-order valence-electron chi connectivity index (χ2n) is 5.80. The van der Waals surface area contributed by atoms with Gasteiger partial charge in [0.25, 0.3) is 0 Å². The lowest BCUT2D eigenvalue weighted by Gasteiger charge is -2.34. The highest BCUT2D eigenvalue weighted by atomic mass is 28.4. The molecule has 0 heterocycles. The molecular formula is C21H17F3OSi. The molecule has 0 radical (unpaired) electrons. The molecule has 0 unspecified atom stereocenters. The van der Waals surface area contributed by atoms with Gasteiger partial charge in [-0.25, -0.2) is 0 Å². The SMILES string of the molecule is C=C(O[Si](c1ccccc1)(c1ccccc1)c1ccccc1)C(F)(F)F. The summed E-state index contributed by atoms with van der Waals surface area (Å²) in [4.78, 5) is 0. The van der Waals surface area contributed by atoms with Crippen LogP contribution in [-0.4, -0.2) is 14.5 Å². The van der Waals surface area contributed by atoms with Crippen LogP contribution in [0.3, 0.4) is 0 Å². The highest BCUT2D eigenvalue weighted by molar-refractivity contribution is 7.07. The van der Waals surface area contributed by atoms with E-state index in [1.165, 1.54) is 0 Å². The topological polar surface area (TPSA) is 9.23 Å². The number of benzene rings is 3. The summed E-state index contributed by atoms with van der Waals surface area (Å²) in [5.74, 6) is -1.18. The van der Waals surface area contributed by atoms with Crippen molar-refractivity contribution in [2.75, 3.05) is 0 Å². The summed E-state index contributed by atoms with van der Waals surface area (Å²) in [6.45, 7) is 3.17. The molecule has 0 atom stereocenters. The molecule has 3 aromatic rings. The Morgan fingerprint density at radius 3 is 1.23 bits per heavy atom. The van der Waals surface area contributed by atoms with Gasteiger partial charge in [0.15, 0.2) is 5.76 Å². The molecule has 0 saturated carbocycles. The van der Waals surface area contributed by atoms with Crippen molar-refractivity contribution in [3.05, 3.63) is 103 Å². The summed E-state index contributed by atoms with van der Waals surface area (Å²) < 4.78 is 45.8. The van der Waals surface area contributed by atoms with Gasteiger partial charge in [-0.15, -0.1) is 0 Å². The Balaban J connectivity index is 2.30. The molecule has 0 aliphatic carbocycles. The number of allylic oxidation sites excluding steroid dienone is 1. The van der Waals surface area contributed by atoms with Crippen molar-refractivity contribution in [1.29, 1.82) is 0 Å². The van der Waals surface area contributed by atoms with Crippen LogP contribution in [0.25, 0.3) is 0 Å². The van der Waals surface area contributed by atoms with Crippen molar-refractivity contribution in [2.24, 2.45) is 0 Å². The predicted octanol–water partition coefficient (Wildman–Crippen LogP) is 3.75. The van der Waals surface area contributed by atoms with Crippen molar-refractivity contribution in [3.63, 3.8) is 0 Å². The first-order valence-electron chi connectivity index (χ1n) is 8.06. The van der Waals surface area contributed by atoms with Gasteiger partial charge in [0, 0.05) is 0 Å². The van der Waals surface area contributed by atoms with Gasteiger partial charge in [0.05, 0.1) is 0 Å². The van der Waals surface area contributed by atoms with E-state index in [-0.39, 0.29) is 0 Å². The van der Waals surface area contributed by atoms with Crippen LogP contribution < -0.4 is 15.6 Å². The predicted molar refractivity (Wildman–Crippen MR) is 100 cm³/mol. The largest absolute Gasteiger partial charge is 0.527 e. The number of halogens is 3. The third-order valence-corrected chi connectivity index (χ3v) is 8.13. The first-order valence-corrected chi connectivity index (χ1v) is 9.97. The molecule has 1 nitrogen and oxygen atoms in total. The normalized spacial score (nSPS) is 11.8. The molecule has 0 amide bonds. The van der Waals surface area contributed by atoms with Crippen molar-refractivity contribution < 1.29 is 17.6 Å². The smallest absolute Gasteiger partial charge is 0.446 e. The van der Waals surface area contributed by atoms with Crippen LogP contribution in [-0.2, 0) is 4.43 Å². The van der Waals surface area contributed by atoms with Gasteiger partial charge in [-0.05, 0) is 15.6 Å². The first kappa shape index (κ1) is 18.0. The molecule has 0 fully saturated rings. The zero-order valence-corrected chi connectivity index (χ0v) is 14.9. The van der Waals surface area contributed by atoms with E-state index in [0.29, 0.717) is 0 Å². The lowest BCUT2D eigenvalue weighted by molar-refractivity contribution is -0.116. The number of rotatable bonds is 5. The average Bonchev–Trinajstić information content (AvgIpc) is 2.67. The quantitative estimate of drug-likeness (QED) is 0.378. The van der Waals surface area contributed by atoms with Gasteiger partial charge in [0.1, 0.15) is 0 Å². The Morgan fingerprint density at radius 2 is 0.962 bits per heavy atom. The van der Waals surface area contributed by atoms with Crippen LogP contribution in [0.2, 0.25) is 0 Å². The Labute approximate surface area is 151 Å². The third kappa shape index (κ3) is 3.44. The molecule has 0 aliphatic rings. The first-order chi connectivity index (χ1) is 12.4. The van der Waals surface area contributed by atoms with Crippen LogP contribution in [0.1, 0.15) is 0 Å². The maximum absolute atomic E-state index is 13.3. The summed E-state index contributed by atoms with van der Waals surface area (Å²) in [6.07, 6.45) is -4.63. The highest BCUT2D eigenvalue weighted by Gasteiger charge is 2.48. The lowest BCUT2D eigenvalue weighted by atomic mass is 10.3. The Hall–Kier alpha value is -2.79. The summed E-state index contributed by atoms with van der Waals surface area (Å²) in [5.41, 5.74) is 0. The van der Waals surface area contributed by atoms with E-state index >= 15 is 0 Å². The third-order valence-electron chi connectivity index (χ3n) is 4.13. The van der Waals surface area contributed by atoms with Crippen molar-refractivity contribution in [2.45, 2.75) is 6.18 Å². The van der Waals surface area contributed by atoms with Crippen LogP contribution in [0, 0.1) is 0 Å². The molecule has 0 saturated heterocycles. The van der Waals surface area contributed by atoms with E-state index < -0.39 is 20.3 Å². The summed E-state index contributed by atoms with van der Waals surface area (Å²) in [7, 11) is -3.42. The molecule has 0 aliphatic heterocycles. The van der Waals surface area contributed by atoms with E-state index in [2.05, 4.69) is 6.58 Å². The van der Waals surface area contributed by atoms with E-state index in [1.54, 1.807) is 0 Å². The van der Waals surface area contributed by atoms with Crippen molar-refractivity contribution in [1.82, 2.24) is 0 Å². The van der Waals surface area contributed by atoms with Crippen molar-refractivity contribution in [3.8, 4) is 0 Å². The second-order valence-corrected chi connectivity index (χ2v) is 9.10. The fourth-order valence-corrected chi connectivity index (χ4v) is 6.76. The monoisotopic (exact) mass is 370 g/mol. The zero-order valence-electron chi connectivity index (χ0n) is 13.9. The van der Waals surface area contributed by atoms with Crippen LogP contribution in [0.15, 0.2) is 103 Å². The van der Waals surface area contributed by atoms with Crippen LogP contribution in [0.4, 0.5) is 13.2 Å². The van der Waals surface area contributed by atoms with Gasteiger partial charge in [0.2, 0.25) is 0 Å². The van der Waals surface area contributed by atoms with E-state index in [0.717, 1.165) is 15.6 Å². The Morgan fingerprint density at radius 1 is 0.654 bits per heavy atom. The molecule has 5 heteroatoms. The fourth-order valence-electron chi connectivity index (χ4n) is 2.94. The minimum Gasteiger partial charge on any atom is -0.527 e. The second kappa shape index (κ2) is 7.21. The maximum atomic E-state index is 13.3. The maximum Gasteiger partial charge on any atom is 0.446 e. The molecule has 132 valence electrons. The number of alkyl halides is 3. The molecule has 0 bridgehead atoms. The van der Waals surface area contributed by atoms with Gasteiger partial charge >= 0.3 is 14.5 Å². The van der Waals surface area contributed by atoms with E-state index in [4.69, 9.17) is 4.43 Å². The molecular weight excluding hydrogens is 353 g/mol. The number of hydrogen-bond acceptors (Lipinski definition) is 1. The van der Waals surface area contributed by atoms with Gasteiger partial charge in [-0.1, -0.05) is 97.6 Å². The molecule has 0 N–H and O–H groups in total. The minimum atomic E-state index is -4.63. The standard InChI is InChI=1S/C21H17F3OSi/c1-17(21(22,23)24)25-26(18-11-5-2-6-12-18,19-13-7-3-8-14-19)20-15-9-4-10-16-20/h2-16H,1H2. The van der Waals surface area contributed by atoms with Crippen LogP contribution >= 0.6 is 0 Å². The zero-order chi connectivity index (χ0) is 18.6. The Bertz CT molecular complexity index is 765. The molecule has 3 aromatic carbocycles. The van der Waals surface area contributed by atoms with E-state index in [9.17, 15) is 13.2 Å². The van der Waals surface area contributed by atoms with Gasteiger partial charge in [-0.3, -0.25) is 0 Å². The highest BCUT2D eigenvalue weighted by Crippen LogP contribution is 2.27. The number of hydrogen-bond donors (Lipinski definition) is 0. The summed E-state index contributed by atoms with van der Waals surface area (Å²) >= 11 is 0. The minimum absolute atomic E-state index is 0.725. The van der Waals surface area contributed by atoms with Crippen molar-refractivity contribution >= 4 is 23.9 Å². The molecule has 3 rings (SSSR count). The van der Waals surface area contributed by atoms with Gasteiger partial charge < -0.3 is 4.43 Å². The lowest BCUT2D eigenvalue weighted by Crippen LogP contribution is -2.69. The molecule has 26 heavy (non-hydrogen) atoms. The Kier molecular flexibility index (Phi) is 5.00. The van der Waals surface area contributed by atoms with E-state index in [1.807, 2.05) is 91.0 Å². The average molecular weight is 370 g/mol. The summed E-state index contributed by atoms with van der Waals surface area (Å²) in [6, 6.07) is 27.2. The fraction of sp³-hybridized carbons (Fsp3) is 0.0476. The molecule has 0 aromatic heterocycles. The molecule has 0 spiro atoms. The van der Waals surface area contributed by atoms with Gasteiger partial charge in [-0.2, -0.15) is 13.2 Å². The summed E-state index contributed by atoms with van der Waals surface area (Å²) in [5, 5.41) is 2.17.